The Labute approximate surface area is 229 Å². The zero-order valence-corrected chi connectivity index (χ0v) is 22.2. The summed E-state index contributed by atoms with van der Waals surface area (Å²) in [6, 6.07) is 14.1. The molecule has 0 aromatic heterocycles. The number of rotatable bonds is 7. The minimum atomic E-state index is -4.20. The van der Waals surface area contributed by atoms with E-state index in [1.54, 1.807) is 36.4 Å². The van der Waals surface area contributed by atoms with Gasteiger partial charge in [-0.1, -0.05) is 18.2 Å². The summed E-state index contributed by atoms with van der Waals surface area (Å²) in [4.78, 5) is 29.3. The summed E-state index contributed by atoms with van der Waals surface area (Å²) in [5.74, 6) is 0.0736. The third kappa shape index (κ3) is 4.87. The number of benzene rings is 3. The smallest absolute Gasteiger partial charge is 0.337 e. The molecule has 0 N–H and O–H groups in total. The van der Waals surface area contributed by atoms with E-state index in [4.69, 9.17) is 23.7 Å². The van der Waals surface area contributed by atoms with Crippen LogP contribution in [0.3, 0.4) is 0 Å². The van der Waals surface area contributed by atoms with Gasteiger partial charge >= 0.3 is 5.97 Å². The Morgan fingerprint density at radius 1 is 0.975 bits per heavy atom. The van der Waals surface area contributed by atoms with E-state index in [0.717, 1.165) is 0 Å². The summed E-state index contributed by atoms with van der Waals surface area (Å²) < 4.78 is 56.0. The lowest BCUT2D eigenvalue weighted by Crippen LogP contribution is -2.41. The van der Waals surface area contributed by atoms with Gasteiger partial charge in [0.1, 0.15) is 13.2 Å². The summed E-state index contributed by atoms with van der Waals surface area (Å²) in [6.07, 6.45) is 1.69. The lowest BCUT2D eigenvalue weighted by Gasteiger charge is -2.26. The number of carbonyl (C=O) groups excluding carboxylic acids is 2. The number of fused-ring (bicyclic) bond motifs is 3. The predicted molar refractivity (Wildman–Crippen MR) is 139 cm³/mol. The molecule has 0 saturated heterocycles. The Morgan fingerprint density at radius 3 is 2.52 bits per heavy atom. The third-order valence-corrected chi connectivity index (χ3v) is 8.52. The van der Waals surface area contributed by atoms with Gasteiger partial charge in [-0.3, -0.25) is 4.79 Å². The fourth-order valence-corrected chi connectivity index (χ4v) is 6.21. The van der Waals surface area contributed by atoms with Crippen molar-refractivity contribution in [1.82, 2.24) is 4.31 Å². The monoisotopic (exact) mass is 564 g/mol. The first-order chi connectivity index (χ1) is 19.3. The van der Waals surface area contributed by atoms with Crippen molar-refractivity contribution in [3.63, 3.8) is 0 Å². The molecule has 12 heteroatoms. The Bertz CT molecular complexity index is 1750. The minimum absolute atomic E-state index is 0.0754. The van der Waals surface area contributed by atoms with Gasteiger partial charge < -0.3 is 23.7 Å². The summed E-state index contributed by atoms with van der Waals surface area (Å²) in [5, 5.41) is 1.07. The molecule has 0 spiro atoms. The molecule has 3 aliphatic rings. The molecule has 0 fully saturated rings. The van der Waals surface area contributed by atoms with E-state index >= 15 is 0 Å². The van der Waals surface area contributed by atoms with Crippen LogP contribution in [0, 0.1) is 5.92 Å². The zero-order valence-electron chi connectivity index (χ0n) is 21.4. The maximum Gasteiger partial charge on any atom is 0.337 e. The van der Waals surface area contributed by atoms with E-state index in [2.05, 4.69) is 4.99 Å². The second-order valence-corrected chi connectivity index (χ2v) is 11.2. The number of sulfonamides is 1. The van der Waals surface area contributed by atoms with Crippen LogP contribution in [-0.2, 0) is 26.1 Å². The van der Waals surface area contributed by atoms with Crippen LogP contribution in [0.1, 0.15) is 15.9 Å². The maximum atomic E-state index is 14.0. The summed E-state index contributed by atoms with van der Waals surface area (Å²) in [7, 11) is -2.98. The molecule has 0 bridgehead atoms. The Hall–Kier alpha value is -4.42. The van der Waals surface area contributed by atoms with Crippen molar-refractivity contribution in [2.45, 2.75) is 11.4 Å². The van der Waals surface area contributed by atoms with Crippen LogP contribution in [0.2, 0.25) is 0 Å². The molecule has 1 atom stereocenters. The molecule has 6 rings (SSSR count). The fraction of sp³-hybridized carbons (Fsp3) is 0.250. The molecule has 0 saturated carbocycles. The fourth-order valence-electron chi connectivity index (χ4n) is 4.70. The number of ether oxygens (including phenoxy) is 5. The highest BCUT2D eigenvalue weighted by Crippen LogP contribution is 2.34. The molecule has 3 aromatic rings. The molecule has 3 aromatic carbocycles. The van der Waals surface area contributed by atoms with E-state index in [1.165, 1.54) is 35.7 Å². The van der Waals surface area contributed by atoms with Gasteiger partial charge in [-0.15, -0.1) is 0 Å². The van der Waals surface area contributed by atoms with E-state index < -0.39 is 27.8 Å². The molecule has 1 unspecified atom stereocenters. The maximum absolute atomic E-state index is 14.0. The van der Waals surface area contributed by atoms with Crippen LogP contribution < -0.4 is 29.5 Å². The Kier molecular flexibility index (Phi) is 6.64. The molecule has 1 amide bonds. The van der Waals surface area contributed by atoms with Gasteiger partial charge in [-0.25, -0.2) is 18.2 Å². The van der Waals surface area contributed by atoms with E-state index in [1.807, 2.05) is 0 Å². The number of carbonyl (C=O) groups is 2. The molecule has 11 nitrogen and oxygen atoms in total. The van der Waals surface area contributed by atoms with Crippen LogP contribution in [-0.4, -0.2) is 58.3 Å². The van der Waals surface area contributed by atoms with Crippen molar-refractivity contribution in [2.75, 3.05) is 33.7 Å². The topological polar surface area (TPSA) is 130 Å². The number of hydrogen-bond donors (Lipinski definition) is 0. The zero-order chi connectivity index (χ0) is 27.9. The Morgan fingerprint density at radius 2 is 1.73 bits per heavy atom. The first-order valence-electron chi connectivity index (χ1n) is 12.4. The number of methoxy groups -OCH3 is 1. The van der Waals surface area contributed by atoms with Gasteiger partial charge in [0.05, 0.1) is 28.8 Å². The van der Waals surface area contributed by atoms with Crippen LogP contribution in [0.25, 0.3) is 6.08 Å². The molecule has 3 heterocycles. The van der Waals surface area contributed by atoms with Crippen molar-refractivity contribution < 1.29 is 41.7 Å². The second kappa shape index (κ2) is 10.3. The van der Waals surface area contributed by atoms with Gasteiger partial charge in [0.2, 0.25) is 16.8 Å². The van der Waals surface area contributed by atoms with Gasteiger partial charge in [-0.05, 0) is 42.0 Å². The van der Waals surface area contributed by atoms with Crippen LogP contribution >= 0.6 is 0 Å². The van der Waals surface area contributed by atoms with E-state index in [0.29, 0.717) is 52.4 Å². The average molecular weight is 565 g/mol. The Balaban J connectivity index is 1.38. The minimum Gasteiger partial charge on any atom is -0.486 e. The van der Waals surface area contributed by atoms with Crippen molar-refractivity contribution >= 4 is 28.0 Å². The largest absolute Gasteiger partial charge is 0.486 e. The number of esters is 1. The first-order valence-corrected chi connectivity index (χ1v) is 13.9. The molecule has 206 valence electrons. The molecule has 0 aliphatic carbocycles. The molecule has 3 aliphatic heterocycles. The summed E-state index contributed by atoms with van der Waals surface area (Å²) in [6.45, 7) is 0.599. The summed E-state index contributed by atoms with van der Waals surface area (Å²) >= 11 is 0. The van der Waals surface area contributed by atoms with Crippen LogP contribution in [0.15, 0.2) is 64.5 Å². The lowest BCUT2D eigenvalue weighted by molar-refractivity contribution is -0.120. The first kappa shape index (κ1) is 25.8. The normalized spacial score (nSPS) is 17.1. The summed E-state index contributed by atoms with van der Waals surface area (Å²) in [5.41, 5.74) is 0.708. The van der Waals surface area contributed by atoms with E-state index in [9.17, 15) is 18.0 Å². The highest BCUT2D eigenvalue weighted by atomic mass is 32.2. The predicted octanol–water partition coefficient (Wildman–Crippen LogP) is 1.42. The highest BCUT2D eigenvalue weighted by molar-refractivity contribution is 7.89. The SMILES string of the molecule is COC(=O)c1cccc(S(=O)(=O)N(Cc2ccc3c(c2)OCO3)CC2C=c3cc4c(cc3=NC2=O)OCCO4)c1. The standard InChI is InChI=1S/C28H24N2O9S/c1-35-28(32)18-3-2-4-21(11-18)40(33,34)30(14-17-5-6-23-24(9-17)39-16-38-23)15-20-10-19-12-25-26(37-8-7-36-25)13-22(19)29-27(20)31/h2-6,9-13,20H,7-8,14-16H2,1H3. The number of hydrogen-bond acceptors (Lipinski definition) is 9. The van der Waals surface area contributed by atoms with E-state index in [-0.39, 0.29) is 30.3 Å². The van der Waals surface area contributed by atoms with Gasteiger partial charge in [-0.2, -0.15) is 4.31 Å². The molecule has 40 heavy (non-hydrogen) atoms. The molecular formula is C28H24N2O9S. The van der Waals surface area contributed by atoms with Gasteiger partial charge in [0, 0.05) is 24.4 Å². The molecular weight excluding hydrogens is 540 g/mol. The van der Waals surface area contributed by atoms with Crippen LogP contribution in [0.5, 0.6) is 23.0 Å². The van der Waals surface area contributed by atoms with Crippen molar-refractivity contribution in [2.24, 2.45) is 10.9 Å². The van der Waals surface area contributed by atoms with Gasteiger partial charge in [0.25, 0.3) is 5.91 Å². The van der Waals surface area contributed by atoms with Gasteiger partial charge in [0.15, 0.2) is 23.0 Å². The number of nitrogens with zero attached hydrogens (tertiary/aromatic N) is 2. The lowest BCUT2D eigenvalue weighted by atomic mass is 10.0. The molecule has 0 radical (unpaired) electrons. The van der Waals surface area contributed by atoms with Crippen molar-refractivity contribution in [1.29, 1.82) is 0 Å². The number of amides is 1. The van der Waals surface area contributed by atoms with Crippen LogP contribution in [0.4, 0.5) is 0 Å². The highest BCUT2D eigenvalue weighted by Gasteiger charge is 2.32. The quantitative estimate of drug-likeness (QED) is 0.391. The average Bonchev–Trinajstić information content (AvgIpc) is 3.44. The van der Waals surface area contributed by atoms with Crippen molar-refractivity contribution in [3.05, 3.63) is 76.3 Å². The third-order valence-electron chi connectivity index (χ3n) is 6.71. The second-order valence-electron chi connectivity index (χ2n) is 9.28. The van der Waals surface area contributed by atoms with Crippen molar-refractivity contribution in [3.8, 4) is 23.0 Å².